The lowest BCUT2D eigenvalue weighted by Crippen LogP contribution is -2.10. The highest BCUT2D eigenvalue weighted by molar-refractivity contribution is 7.90. The summed E-state index contributed by atoms with van der Waals surface area (Å²) in [5, 5.41) is 15.1. The summed E-state index contributed by atoms with van der Waals surface area (Å²) in [6.07, 6.45) is -2.81. The summed E-state index contributed by atoms with van der Waals surface area (Å²) in [6.45, 7) is 5.42. The number of halogens is 3. The molecule has 7 nitrogen and oxygen atoms in total. The maximum absolute atomic E-state index is 13.2. The Morgan fingerprint density at radius 3 is 2.50 bits per heavy atom. The van der Waals surface area contributed by atoms with Crippen molar-refractivity contribution in [1.29, 1.82) is 5.26 Å². The molecule has 2 aromatic rings. The van der Waals surface area contributed by atoms with Crippen LogP contribution in [0.3, 0.4) is 0 Å². The largest absolute Gasteiger partial charge is 0.436 e. The third-order valence-corrected chi connectivity index (χ3v) is 4.17. The van der Waals surface area contributed by atoms with E-state index in [1.807, 2.05) is 0 Å². The molecule has 138 valence electrons. The van der Waals surface area contributed by atoms with E-state index in [0.717, 1.165) is 23.2 Å². The molecule has 1 N–H and O–H groups in total. The van der Waals surface area contributed by atoms with Crippen molar-refractivity contribution in [2.24, 2.45) is 0 Å². The van der Waals surface area contributed by atoms with Crippen LogP contribution in [0.1, 0.15) is 18.2 Å². The topological polar surface area (TPSA) is 101 Å². The quantitative estimate of drug-likeness (QED) is 0.794. The zero-order valence-electron chi connectivity index (χ0n) is 13.8. The number of alkyl halides is 3. The van der Waals surface area contributed by atoms with Crippen molar-refractivity contribution in [3.05, 3.63) is 41.7 Å². The second-order valence-corrected chi connectivity index (χ2v) is 7.49. The summed E-state index contributed by atoms with van der Waals surface area (Å²) < 4.78 is 63.4. The van der Waals surface area contributed by atoms with Gasteiger partial charge in [-0.15, -0.1) is 0 Å². The molecular formula is C15H14F3N5O2S. The fourth-order valence-electron chi connectivity index (χ4n) is 2.02. The molecule has 0 spiro atoms. The zero-order chi connectivity index (χ0) is 19.7. The van der Waals surface area contributed by atoms with Gasteiger partial charge < -0.3 is 5.32 Å². The average Bonchev–Trinajstić information content (AvgIpc) is 2.90. The predicted molar refractivity (Wildman–Crippen MR) is 87.5 cm³/mol. The molecule has 0 saturated carbocycles. The number of anilines is 1. The smallest absolute Gasteiger partial charge is 0.365 e. The van der Waals surface area contributed by atoms with Crippen molar-refractivity contribution in [2.75, 3.05) is 18.1 Å². The number of hydrogen-bond donors (Lipinski definition) is 1. The third kappa shape index (κ3) is 4.02. The van der Waals surface area contributed by atoms with Crippen LogP contribution in [0.15, 0.2) is 35.5 Å². The van der Waals surface area contributed by atoms with E-state index in [0.29, 0.717) is 5.57 Å². The Balaban J connectivity index is 2.65. The van der Waals surface area contributed by atoms with Gasteiger partial charge in [-0.1, -0.05) is 12.2 Å². The molecule has 11 heteroatoms. The minimum atomic E-state index is -4.84. The first-order valence-corrected chi connectivity index (χ1v) is 8.99. The molecule has 2 heterocycles. The number of hydrogen-bond acceptors (Lipinski definition) is 6. The molecule has 26 heavy (non-hydrogen) atoms. The second-order valence-electron chi connectivity index (χ2n) is 5.53. The summed E-state index contributed by atoms with van der Waals surface area (Å²) in [5.74, 6) is -0.184. The zero-order valence-corrected chi connectivity index (χ0v) is 14.6. The van der Waals surface area contributed by atoms with Crippen LogP contribution < -0.4 is 5.32 Å². The first-order valence-electron chi connectivity index (χ1n) is 7.10. The lowest BCUT2D eigenvalue weighted by atomic mass is 10.2. The van der Waals surface area contributed by atoms with E-state index >= 15 is 0 Å². The summed E-state index contributed by atoms with van der Waals surface area (Å²) in [5.41, 5.74) is -1.34. The minimum absolute atomic E-state index is 0.0635. The van der Waals surface area contributed by atoms with E-state index < -0.39 is 27.3 Å². The van der Waals surface area contributed by atoms with E-state index in [9.17, 15) is 26.9 Å². The predicted octanol–water partition coefficient (Wildman–Crippen LogP) is 2.55. The van der Waals surface area contributed by atoms with E-state index in [-0.39, 0.29) is 23.1 Å². The van der Waals surface area contributed by atoms with Gasteiger partial charge in [0.1, 0.15) is 17.5 Å². The minimum Gasteiger partial charge on any atom is -0.365 e. The fourth-order valence-corrected chi connectivity index (χ4v) is 2.58. The van der Waals surface area contributed by atoms with Gasteiger partial charge in [-0.2, -0.15) is 23.5 Å². The average molecular weight is 385 g/mol. The van der Waals surface area contributed by atoms with E-state index in [1.165, 1.54) is 12.1 Å². The highest BCUT2D eigenvalue weighted by Gasteiger charge is 2.40. The number of rotatable bonds is 5. The molecule has 0 bridgehead atoms. The van der Waals surface area contributed by atoms with Crippen molar-refractivity contribution in [3.63, 3.8) is 0 Å². The monoisotopic (exact) mass is 385 g/mol. The summed E-state index contributed by atoms with van der Waals surface area (Å²) in [4.78, 5) is 3.73. The molecule has 0 amide bonds. The molecular weight excluding hydrogens is 371 g/mol. The Hall–Kier alpha value is -2.87. The van der Waals surface area contributed by atoms with Crippen LogP contribution in [0, 0.1) is 11.3 Å². The lowest BCUT2D eigenvalue weighted by molar-refractivity contribution is -0.141. The highest BCUT2D eigenvalue weighted by Crippen LogP contribution is 2.35. The molecule has 0 radical (unpaired) electrons. The molecule has 0 aliphatic rings. The van der Waals surface area contributed by atoms with Crippen LogP contribution in [0.5, 0.6) is 0 Å². The van der Waals surface area contributed by atoms with Crippen LogP contribution in [0.2, 0.25) is 0 Å². The molecule has 0 fully saturated rings. The standard InChI is InChI=1S/C15H14F3N5O2S/c1-9(2)7-21-14-11(6-19)13(15(16,17)18)22-23(14)10-4-5-12(20-8-10)26(3,24)25/h4-5,8,21H,1,7H2,2-3H3. The first-order chi connectivity index (χ1) is 11.9. The van der Waals surface area contributed by atoms with Crippen LogP contribution in [-0.4, -0.2) is 36.0 Å². The number of sulfone groups is 1. The van der Waals surface area contributed by atoms with Gasteiger partial charge in [0, 0.05) is 12.8 Å². The van der Waals surface area contributed by atoms with Crippen molar-refractivity contribution in [1.82, 2.24) is 14.8 Å². The molecule has 0 aromatic carbocycles. The van der Waals surface area contributed by atoms with Gasteiger partial charge in [0.05, 0.1) is 11.9 Å². The SMILES string of the molecule is C=C(C)CNc1c(C#N)c(C(F)(F)F)nn1-c1ccc(S(C)(=O)=O)nc1. The molecule has 0 aliphatic heterocycles. The molecule has 0 aliphatic carbocycles. The fraction of sp³-hybridized carbons (Fsp3) is 0.267. The van der Waals surface area contributed by atoms with Gasteiger partial charge in [0.25, 0.3) is 0 Å². The van der Waals surface area contributed by atoms with Crippen molar-refractivity contribution >= 4 is 15.7 Å². The maximum atomic E-state index is 13.2. The summed E-state index contributed by atoms with van der Waals surface area (Å²) in [6, 6.07) is 3.91. The number of aromatic nitrogens is 3. The Morgan fingerprint density at radius 1 is 1.42 bits per heavy atom. The van der Waals surface area contributed by atoms with Gasteiger partial charge in [0.15, 0.2) is 20.6 Å². The Labute approximate surface area is 147 Å². The van der Waals surface area contributed by atoms with Gasteiger partial charge in [-0.3, -0.25) is 0 Å². The first kappa shape index (κ1) is 19.5. The maximum Gasteiger partial charge on any atom is 0.436 e. The Kier molecular flexibility index (Phi) is 5.09. The van der Waals surface area contributed by atoms with Crippen LogP contribution >= 0.6 is 0 Å². The summed E-state index contributed by atoms with van der Waals surface area (Å²) in [7, 11) is -3.56. The number of pyridine rings is 1. The molecule has 0 saturated heterocycles. The van der Waals surface area contributed by atoms with Crippen LogP contribution in [0.25, 0.3) is 5.69 Å². The normalized spacial score (nSPS) is 11.8. The highest BCUT2D eigenvalue weighted by atomic mass is 32.2. The van der Waals surface area contributed by atoms with E-state index in [1.54, 1.807) is 6.92 Å². The van der Waals surface area contributed by atoms with Crippen molar-refractivity contribution in [2.45, 2.75) is 18.1 Å². The summed E-state index contributed by atoms with van der Waals surface area (Å²) >= 11 is 0. The van der Waals surface area contributed by atoms with Gasteiger partial charge in [-0.25, -0.2) is 18.1 Å². The second kappa shape index (κ2) is 6.80. The van der Waals surface area contributed by atoms with E-state index in [2.05, 4.69) is 22.0 Å². The number of nitriles is 1. The van der Waals surface area contributed by atoms with Gasteiger partial charge >= 0.3 is 6.18 Å². The van der Waals surface area contributed by atoms with Crippen LogP contribution in [-0.2, 0) is 16.0 Å². The molecule has 2 rings (SSSR count). The Bertz CT molecular complexity index is 986. The Morgan fingerprint density at radius 2 is 2.08 bits per heavy atom. The lowest BCUT2D eigenvalue weighted by Gasteiger charge is -2.10. The van der Waals surface area contributed by atoms with Crippen LogP contribution in [0.4, 0.5) is 19.0 Å². The third-order valence-electron chi connectivity index (χ3n) is 3.17. The van der Waals surface area contributed by atoms with Crippen molar-refractivity contribution < 1.29 is 21.6 Å². The van der Waals surface area contributed by atoms with Gasteiger partial charge in [-0.05, 0) is 19.1 Å². The molecule has 0 unspecified atom stereocenters. The number of nitrogens with one attached hydrogen (secondary N) is 1. The number of nitrogens with zero attached hydrogens (tertiary/aromatic N) is 4. The van der Waals surface area contributed by atoms with Gasteiger partial charge in [0.2, 0.25) is 0 Å². The van der Waals surface area contributed by atoms with E-state index in [4.69, 9.17) is 0 Å². The molecule has 0 atom stereocenters. The van der Waals surface area contributed by atoms with Crippen molar-refractivity contribution in [3.8, 4) is 11.8 Å². The molecule has 2 aromatic heterocycles.